The van der Waals surface area contributed by atoms with Crippen LogP contribution in [0.25, 0.3) is 5.69 Å². The van der Waals surface area contributed by atoms with E-state index in [1.807, 2.05) is 53.1 Å². The lowest BCUT2D eigenvalue weighted by atomic mass is 10.1. The van der Waals surface area contributed by atoms with Crippen LogP contribution in [0.3, 0.4) is 0 Å². The molecule has 1 heterocycles. The second-order valence-corrected chi connectivity index (χ2v) is 5.70. The summed E-state index contributed by atoms with van der Waals surface area (Å²) in [4.78, 5) is 0. The van der Waals surface area contributed by atoms with Gasteiger partial charge >= 0.3 is 0 Å². The highest BCUT2D eigenvalue weighted by molar-refractivity contribution is 7.71. The molecule has 3 nitrogen and oxygen atoms in total. The van der Waals surface area contributed by atoms with E-state index in [1.165, 1.54) is 0 Å². The molecule has 0 saturated carbocycles. The maximum atomic E-state index is 6.26. The second-order valence-electron chi connectivity index (χ2n) is 4.50. The summed E-state index contributed by atoms with van der Waals surface area (Å²) in [7, 11) is 0. The molecule has 0 saturated heterocycles. The molecule has 1 aromatic heterocycles. The molecule has 0 atom stereocenters. The average molecular weight is 336 g/mol. The van der Waals surface area contributed by atoms with E-state index in [1.54, 1.807) is 0 Å². The van der Waals surface area contributed by atoms with Gasteiger partial charge in [0.05, 0.1) is 10.7 Å². The molecule has 6 heteroatoms. The van der Waals surface area contributed by atoms with Gasteiger partial charge in [-0.1, -0.05) is 53.5 Å². The zero-order valence-corrected chi connectivity index (χ0v) is 13.2. The van der Waals surface area contributed by atoms with Crippen LogP contribution in [0.5, 0.6) is 0 Å². The van der Waals surface area contributed by atoms with Gasteiger partial charge < -0.3 is 0 Å². The molecule has 0 aliphatic rings. The predicted molar refractivity (Wildman–Crippen MR) is 88.0 cm³/mol. The fraction of sp³-hybridized carbons (Fsp3) is 0.0667. The average Bonchev–Trinajstić information content (AvgIpc) is 2.83. The van der Waals surface area contributed by atoms with Gasteiger partial charge in [0.15, 0.2) is 4.77 Å². The molecule has 3 rings (SSSR count). The third-order valence-electron chi connectivity index (χ3n) is 3.14. The summed E-state index contributed by atoms with van der Waals surface area (Å²) in [6, 6.07) is 15.2. The fourth-order valence-corrected chi connectivity index (χ4v) is 2.81. The number of para-hydroxylation sites is 1. The molecule has 3 aromatic rings. The summed E-state index contributed by atoms with van der Waals surface area (Å²) >= 11 is 17.8. The highest BCUT2D eigenvalue weighted by Crippen LogP contribution is 2.24. The van der Waals surface area contributed by atoms with Crippen molar-refractivity contribution in [3.63, 3.8) is 0 Å². The van der Waals surface area contributed by atoms with E-state index >= 15 is 0 Å². The second kappa shape index (κ2) is 6.02. The van der Waals surface area contributed by atoms with E-state index in [0.29, 0.717) is 21.2 Å². The van der Waals surface area contributed by atoms with E-state index in [4.69, 9.17) is 35.4 Å². The van der Waals surface area contributed by atoms with Gasteiger partial charge in [-0.15, -0.1) is 0 Å². The third-order valence-corrected chi connectivity index (χ3v) is 4.10. The quantitative estimate of drug-likeness (QED) is 0.695. The molecule has 2 aromatic carbocycles. The number of nitrogens with one attached hydrogen (secondary N) is 1. The van der Waals surface area contributed by atoms with Crippen molar-refractivity contribution >= 4 is 35.4 Å². The largest absolute Gasteiger partial charge is 0.270 e. The van der Waals surface area contributed by atoms with Crippen LogP contribution >= 0.6 is 35.4 Å². The van der Waals surface area contributed by atoms with Crippen LogP contribution in [0.4, 0.5) is 0 Å². The van der Waals surface area contributed by atoms with Crippen molar-refractivity contribution in [3.05, 3.63) is 74.7 Å². The minimum absolute atomic E-state index is 0.505. The highest BCUT2D eigenvalue weighted by Gasteiger charge is 2.12. The molecule has 1 N–H and O–H groups in total. The molecule has 106 valence electrons. The Labute approximate surface area is 137 Å². The van der Waals surface area contributed by atoms with Crippen LogP contribution in [0.1, 0.15) is 11.4 Å². The first-order chi connectivity index (χ1) is 10.2. The number of H-pyrrole nitrogens is 1. The minimum Gasteiger partial charge on any atom is -0.270 e. The fourth-order valence-electron chi connectivity index (χ4n) is 2.14. The van der Waals surface area contributed by atoms with Crippen molar-refractivity contribution in [2.75, 3.05) is 0 Å². The van der Waals surface area contributed by atoms with Crippen LogP contribution in [0, 0.1) is 4.77 Å². The molecule has 0 amide bonds. The SMILES string of the molecule is S=c1[nH]nc(Cc2ccccc2Cl)n1-c1ccccc1Cl. The number of aromatic amines is 1. The van der Waals surface area contributed by atoms with Crippen LogP contribution in [-0.2, 0) is 6.42 Å². The van der Waals surface area contributed by atoms with Gasteiger partial charge in [0.1, 0.15) is 5.82 Å². The van der Waals surface area contributed by atoms with Crippen molar-refractivity contribution in [2.45, 2.75) is 6.42 Å². The predicted octanol–water partition coefficient (Wildman–Crippen LogP) is 4.83. The van der Waals surface area contributed by atoms with Gasteiger partial charge in [-0.2, -0.15) is 5.10 Å². The molecule has 21 heavy (non-hydrogen) atoms. The lowest BCUT2D eigenvalue weighted by Crippen LogP contribution is -2.03. The third kappa shape index (κ3) is 2.88. The van der Waals surface area contributed by atoms with E-state index < -0.39 is 0 Å². The Balaban J connectivity index is 2.09. The number of benzene rings is 2. The van der Waals surface area contributed by atoms with Crippen molar-refractivity contribution in [3.8, 4) is 5.69 Å². The number of aromatic nitrogens is 3. The summed E-state index contributed by atoms with van der Waals surface area (Å²) < 4.78 is 2.34. The van der Waals surface area contributed by atoms with Gasteiger partial charge in [0, 0.05) is 11.4 Å². The molecule has 0 bridgehead atoms. The summed E-state index contributed by atoms with van der Waals surface area (Å²) in [5.74, 6) is 0.765. The van der Waals surface area contributed by atoms with Crippen LogP contribution in [0.2, 0.25) is 10.0 Å². The maximum absolute atomic E-state index is 6.26. The Kier molecular flexibility index (Phi) is 4.10. The van der Waals surface area contributed by atoms with Crippen molar-refractivity contribution in [1.29, 1.82) is 0 Å². The van der Waals surface area contributed by atoms with Crippen molar-refractivity contribution < 1.29 is 0 Å². The van der Waals surface area contributed by atoms with Crippen LogP contribution in [0.15, 0.2) is 48.5 Å². The highest BCUT2D eigenvalue weighted by atomic mass is 35.5. The van der Waals surface area contributed by atoms with Crippen molar-refractivity contribution in [1.82, 2.24) is 14.8 Å². The molecule has 0 radical (unpaired) electrons. The van der Waals surface area contributed by atoms with E-state index in [0.717, 1.165) is 17.1 Å². The lowest BCUT2D eigenvalue weighted by Gasteiger charge is -2.09. The summed E-state index contributed by atoms with van der Waals surface area (Å²) in [6.07, 6.45) is 0.567. The van der Waals surface area contributed by atoms with Gasteiger partial charge in [0.25, 0.3) is 0 Å². The Morgan fingerprint density at radius 3 is 2.38 bits per heavy atom. The molecule has 0 aliphatic carbocycles. The molecule has 0 fully saturated rings. The number of hydrogen-bond acceptors (Lipinski definition) is 2. The smallest absolute Gasteiger partial charge is 0.199 e. The standard InChI is InChI=1S/C15H11Cl2N3S/c16-11-6-2-1-5-10(11)9-14-18-19-15(21)20(14)13-8-4-3-7-12(13)17/h1-8H,9H2,(H,19,21). The Morgan fingerprint density at radius 1 is 1.00 bits per heavy atom. The molecule has 0 spiro atoms. The Bertz CT molecular complexity index is 839. The first-order valence-electron chi connectivity index (χ1n) is 6.31. The zero-order valence-electron chi connectivity index (χ0n) is 10.9. The summed E-state index contributed by atoms with van der Waals surface area (Å²) in [5.41, 5.74) is 1.79. The topological polar surface area (TPSA) is 33.6 Å². The first-order valence-corrected chi connectivity index (χ1v) is 7.48. The van der Waals surface area contributed by atoms with E-state index in [9.17, 15) is 0 Å². The Hall–Kier alpha value is -1.62. The number of rotatable bonds is 3. The monoisotopic (exact) mass is 335 g/mol. The molecule has 0 aliphatic heterocycles. The van der Waals surface area contributed by atoms with Crippen LogP contribution < -0.4 is 0 Å². The molecule has 0 unspecified atom stereocenters. The zero-order chi connectivity index (χ0) is 14.8. The maximum Gasteiger partial charge on any atom is 0.199 e. The molecular formula is C15H11Cl2N3S. The number of halogens is 2. The lowest BCUT2D eigenvalue weighted by molar-refractivity contribution is 0.902. The summed E-state index contributed by atoms with van der Waals surface area (Å²) in [5, 5.41) is 8.44. The first kappa shape index (κ1) is 14.3. The van der Waals surface area contributed by atoms with Gasteiger partial charge in [-0.3, -0.25) is 9.67 Å². The van der Waals surface area contributed by atoms with Gasteiger partial charge in [-0.25, -0.2) is 0 Å². The Morgan fingerprint density at radius 2 is 1.67 bits per heavy atom. The van der Waals surface area contributed by atoms with Crippen molar-refractivity contribution in [2.24, 2.45) is 0 Å². The number of nitrogens with zero attached hydrogens (tertiary/aromatic N) is 2. The van der Waals surface area contributed by atoms with E-state index in [-0.39, 0.29) is 0 Å². The minimum atomic E-state index is 0.505. The van der Waals surface area contributed by atoms with Crippen LogP contribution in [-0.4, -0.2) is 14.8 Å². The summed E-state index contributed by atoms with van der Waals surface area (Å²) in [6.45, 7) is 0. The van der Waals surface area contributed by atoms with Gasteiger partial charge in [0.2, 0.25) is 0 Å². The molecular weight excluding hydrogens is 325 g/mol. The van der Waals surface area contributed by atoms with Gasteiger partial charge in [-0.05, 0) is 36.0 Å². The number of hydrogen-bond donors (Lipinski definition) is 1. The normalized spacial score (nSPS) is 10.8. The van der Waals surface area contributed by atoms with E-state index in [2.05, 4.69) is 10.2 Å².